The van der Waals surface area contributed by atoms with Crippen molar-refractivity contribution in [1.82, 2.24) is 4.98 Å². The highest BCUT2D eigenvalue weighted by Gasteiger charge is 2.11. The molecule has 0 saturated carbocycles. The Bertz CT molecular complexity index is 1340. The molecule has 5 rings (SSSR count). The highest BCUT2D eigenvalue weighted by atomic mass is 16.3. The summed E-state index contributed by atoms with van der Waals surface area (Å²) in [7, 11) is 0. The van der Waals surface area contributed by atoms with Gasteiger partial charge < -0.3 is 14.8 Å². The molecule has 0 spiro atoms. The zero-order valence-electron chi connectivity index (χ0n) is 15.3. The number of rotatable bonds is 3. The average Bonchev–Trinajstić information content (AvgIpc) is 3.16. The highest BCUT2D eigenvalue weighted by molar-refractivity contribution is 6.05. The van der Waals surface area contributed by atoms with Crippen molar-refractivity contribution in [2.24, 2.45) is 0 Å². The lowest BCUT2D eigenvalue weighted by Gasteiger charge is -2.06. The summed E-state index contributed by atoms with van der Waals surface area (Å²) in [6.45, 7) is 0. The van der Waals surface area contributed by atoms with Gasteiger partial charge in [-0.15, -0.1) is 0 Å². The van der Waals surface area contributed by atoms with Crippen molar-refractivity contribution in [1.29, 1.82) is 0 Å². The third-order valence-corrected chi connectivity index (χ3v) is 4.75. The molecule has 2 N–H and O–H groups in total. The molecule has 5 aromatic rings. The summed E-state index contributed by atoms with van der Waals surface area (Å²) in [5, 5.41) is 14.3. The predicted molar refractivity (Wildman–Crippen MR) is 113 cm³/mol. The quantitative estimate of drug-likeness (QED) is 0.427. The fourth-order valence-corrected chi connectivity index (χ4v) is 3.27. The van der Waals surface area contributed by atoms with Crippen molar-refractivity contribution >= 4 is 33.5 Å². The summed E-state index contributed by atoms with van der Waals surface area (Å²) in [4.78, 5) is 17.0. The smallest absolute Gasteiger partial charge is 0.255 e. The number of aromatic hydroxyl groups is 1. The predicted octanol–water partition coefficient (Wildman–Crippen LogP) is 5.61. The molecule has 0 saturated heterocycles. The zero-order chi connectivity index (χ0) is 19.8. The van der Waals surface area contributed by atoms with Gasteiger partial charge in [0.05, 0.1) is 0 Å². The van der Waals surface area contributed by atoms with Gasteiger partial charge in [-0.3, -0.25) is 4.79 Å². The Balaban J connectivity index is 1.49. The Morgan fingerprint density at radius 3 is 2.45 bits per heavy atom. The Hall–Kier alpha value is -4.12. The van der Waals surface area contributed by atoms with Crippen molar-refractivity contribution < 1.29 is 14.3 Å². The van der Waals surface area contributed by atoms with Gasteiger partial charge in [-0.1, -0.05) is 24.3 Å². The molecule has 4 aromatic carbocycles. The topological polar surface area (TPSA) is 75.4 Å². The zero-order valence-corrected chi connectivity index (χ0v) is 15.3. The fourth-order valence-electron chi connectivity index (χ4n) is 3.27. The fraction of sp³-hybridized carbons (Fsp3) is 0. The molecule has 0 atom stereocenters. The molecule has 0 aliphatic rings. The number of phenolic OH excluding ortho intramolecular Hbond substituents is 1. The third kappa shape index (κ3) is 3.30. The van der Waals surface area contributed by atoms with E-state index in [1.165, 1.54) is 0 Å². The molecular weight excluding hydrogens is 364 g/mol. The minimum Gasteiger partial charge on any atom is -0.508 e. The molecule has 5 heteroatoms. The van der Waals surface area contributed by atoms with Crippen molar-refractivity contribution in [3.63, 3.8) is 0 Å². The first-order valence-electron chi connectivity index (χ1n) is 9.16. The van der Waals surface area contributed by atoms with Crippen molar-refractivity contribution in [2.45, 2.75) is 0 Å². The average molecular weight is 380 g/mol. The number of carbonyl (C=O) groups is 1. The van der Waals surface area contributed by atoms with E-state index in [4.69, 9.17) is 4.42 Å². The number of benzene rings is 4. The summed E-state index contributed by atoms with van der Waals surface area (Å²) < 4.78 is 5.89. The molecular formula is C24H16N2O3. The minimum atomic E-state index is -0.151. The van der Waals surface area contributed by atoms with E-state index in [-0.39, 0.29) is 11.7 Å². The van der Waals surface area contributed by atoms with Crippen LogP contribution in [0.1, 0.15) is 10.4 Å². The van der Waals surface area contributed by atoms with E-state index in [2.05, 4.69) is 10.3 Å². The molecule has 0 aliphatic heterocycles. The Morgan fingerprint density at radius 2 is 1.66 bits per heavy atom. The van der Waals surface area contributed by atoms with E-state index in [0.29, 0.717) is 22.7 Å². The Morgan fingerprint density at radius 1 is 0.862 bits per heavy atom. The van der Waals surface area contributed by atoms with Crippen molar-refractivity contribution in [3.05, 3.63) is 90.5 Å². The van der Waals surface area contributed by atoms with Crippen molar-refractivity contribution in [2.75, 3.05) is 5.32 Å². The first kappa shape index (κ1) is 17.0. The van der Waals surface area contributed by atoms with Gasteiger partial charge >= 0.3 is 0 Å². The normalized spacial score (nSPS) is 11.0. The number of nitrogens with zero attached hydrogens (tertiary/aromatic N) is 1. The molecule has 1 heterocycles. The molecule has 0 aliphatic carbocycles. The SMILES string of the molecule is O=C(Nc1ccc2cc3oc(-c4ccc(O)cc4)nc3cc2c1)c1ccccc1. The molecule has 5 nitrogen and oxygen atoms in total. The van der Waals surface area contributed by atoms with E-state index in [1.807, 2.05) is 48.5 Å². The Kier molecular flexibility index (Phi) is 3.99. The third-order valence-electron chi connectivity index (χ3n) is 4.75. The molecule has 29 heavy (non-hydrogen) atoms. The van der Waals surface area contributed by atoms with Gasteiger partial charge in [0.15, 0.2) is 5.58 Å². The number of carbonyl (C=O) groups excluding carboxylic acids is 1. The number of phenols is 1. The molecule has 1 amide bonds. The van der Waals surface area contributed by atoms with Crippen LogP contribution in [0.4, 0.5) is 5.69 Å². The number of oxazole rings is 1. The van der Waals surface area contributed by atoms with Crippen LogP contribution in [0, 0.1) is 0 Å². The number of amides is 1. The molecule has 1 aromatic heterocycles. The van der Waals surface area contributed by atoms with Crippen LogP contribution in [-0.2, 0) is 0 Å². The molecule has 0 radical (unpaired) electrons. The molecule has 0 bridgehead atoms. The maximum absolute atomic E-state index is 12.4. The lowest BCUT2D eigenvalue weighted by Crippen LogP contribution is -2.11. The van der Waals surface area contributed by atoms with Crippen LogP contribution < -0.4 is 5.32 Å². The summed E-state index contributed by atoms with van der Waals surface area (Å²) in [5.41, 5.74) is 3.53. The number of aromatic nitrogens is 1. The van der Waals surface area contributed by atoms with Crippen LogP contribution in [0.5, 0.6) is 5.75 Å². The largest absolute Gasteiger partial charge is 0.508 e. The van der Waals surface area contributed by atoms with Crippen LogP contribution in [0.25, 0.3) is 33.3 Å². The lowest BCUT2D eigenvalue weighted by molar-refractivity contribution is 0.102. The first-order chi connectivity index (χ1) is 14.2. The van der Waals surface area contributed by atoms with Gasteiger partial charge in [-0.05, 0) is 71.4 Å². The summed E-state index contributed by atoms with van der Waals surface area (Å²) in [5.74, 6) is 0.538. The standard InChI is InChI=1S/C24H16N2O3/c27-20-10-7-16(8-11-20)24-26-21-13-18-12-19(9-6-17(18)14-22(21)29-24)25-23(28)15-4-2-1-3-5-15/h1-14,27H,(H,25,28). The van der Waals surface area contributed by atoms with Crippen LogP contribution >= 0.6 is 0 Å². The van der Waals surface area contributed by atoms with Crippen LogP contribution in [0.3, 0.4) is 0 Å². The van der Waals surface area contributed by atoms with Crippen molar-refractivity contribution in [3.8, 4) is 17.2 Å². The summed E-state index contributed by atoms with van der Waals surface area (Å²) >= 11 is 0. The maximum Gasteiger partial charge on any atom is 0.255 e. The number of anilines is 1. The Labute approximate surface area is 166 Å². The molecule has 0 fully saturated rings. The number of hydrogen-bond acceptors (Lipinski definition) is 4. The lowest BCUT2D eigenvalue weighted by atomic mass is 10.1. The number of hydrogen-bond donors (Lipinski definition) is 2. The molecule has 140 valence electrons. The van der Waals surface area contributed by atoms with Gasteiger partial charge in [0, 0.05) is 16.8 Å². The second kappa shape index (κ2) is 6.80. The molecule has 0 unspecified atom stereocenters. The second-order valence-electron chi connectivity index (χ2n) is 6.77. The first-order valence-corrected chi connectivity index (χ1v) is 9.16. The summed E-state index contributed by atoms with van der Waals surface area (Å²) in [6, 6.07) is 25.4. The van der Waals surface area contributed by atoms with Gasteiger partial charge in [0.2, 0.25) is 5.89 Å². The van der Waals surface area contributed by atoms with Crippen LogP contribution in [0.2, 0.25) is 0 Å². The monoisotopic (exact) mass is 380 g/mol. The van der Waals surface area contributed by atoms with E-state index in [1.54, 1.807) is 36.4 Å². The number of fused-ring (bicyclic) bond motifs is 2. The van der Waals surface area contributed by atoms with Gasteiger partial charge in [-0.2, -0.15) is 0 Å². The van der Waals surface area contributed by atoms with Gasteiger partial charge in [0.25, 0.3) is 5.91 Å². The number of nitrogens with one attached hydrogen (secondary N) is 1. The van der Waals surface area contributed by atoms with Crippen LogP contribution in [0.15, 0.2) is 89.3 Å². The van der Waals surface area contributed by atoms with Gasteiger partial charge in [-0.25, -0.2) is 4.98 Å². The minimum absolute atomic E-state index is 0.151. The van der Waals surface area contributed by atoms with Gasteiger partial charge in [0.1, 0.15) is 11.3 Å². The van der Waals surface area contributed by atoms with E-state index >= 15 is 0 Å². The van der Waals surface area contributed by atoms with E-state index in [9.17, 15) is 9.90 Å². The van der Waals surface area contributed by atoms with E-state index < -0.39 is 0 Å². The second-order valence-corrected chi connectivity index (χ2v) is 6.77. The van der Waals surface area contributed by atoms with Crippen LogP contribution in [-0.4, -0.2) is 16.0 Å². The maximum atomic E-state index is 12.4. The van der Waals surface area contributed by atoms with E-state index in [0.717, 1.165) is 21.9 Å². The summed E-state index contributed by atoms with van der Waals surface area (Å²) in [6.07, 6.45) is 0. The highest BCUT2D eigenvalue weighted by Crippen LogP contribution is 2.30.